The van der Waals surface area contributed by atoms with E-state index in [9.17, 15) is 9.59 Å². The van der Waals surface area contributed by atoms with Crippen LogP contribution in [0.15, 0.2) is 24.4 Å². The molecular weight excluding hydrogens is 292 g/mol. The van der Waals surface area contributed by atoms with Crippen molar-refractivity contribution in [1.82, 2.24) is 20.2 Å². The number of aromatic amines is 1. The Bertz CT molecular complexity index is 709. The molecular formula is C17H22N4O2. The molecule has 1 unspecified atom stereocenters. The van der Waals surface area contributed by atoms with Gasteiger partial charge >= 0.3 is 0 Å². The number of aromatic nitrogens is 2. The minimum absolute atomic E-state index is 0.0226. The number of carbonyl (C=O) groups is 2. The van der Waals surface area contributed by atoms with E-state index in [4.69, 9.17) is 0 Å². The normalized spacial score (nSPS) is 18.9. The van der Waals surface area contributed by atoms with Crippen LogP contribution in [0.25, 0.3) is 11.0 Å². The summed E-state index contributed by atoms with van der Waals surface area (Å²) in [6, 6.07) is 5.56. The molecule has 1 aliphatic rings. The topological polar surface area (TPSA) is 78.1 Å². The van der Waals surface area contributed by atoms with Crippen molar-refractivity contribution in [2.45, 2.75) is 38.6 Å². The average Bonchev–Trinajstić information content (AvgIpc) is 2.96. The third kappa shape index (κ3) is 3.52. The summed E-state index contributed by atoms with van der Waals surface area (Å²) < 4.78 is 0. The number of nitrogens with zero attached hydrogens (tertiary/aromatic N) is 2. The van der Waals surface area contributed by atoms with Crippen molar-refractivity contribution in [3.05, 3.63) is 30.1 Å². The van der Waals surface area contributed by atoms with E-state index < -0.39 is 0 Å². The minimum Gasteiger partial charge on any atom is -0.348 e. The molecule has 0 aliphatic carbocycles. The number of likely N-dealkylation sites (tertiary alicyclic amines) is 1. The lowest BCUT2D eigenvalue weighted by atomic mass is 10.1. The Kier molecular flexibility index (Phi) is 4.60. The first kappa shape index (κ1) is 15.5. The second-order valence-corrected chi connectivity index (χ2v) is 5.99. The number of carbonyl (C=O) groups excluding carboxylic acids is 2. The van der Waals surface area contributed by atoms with Gasteiger partial charge in [-0.3, -0.25) is 9.59 Å². The summed E-state index contributed by atoms with van der Waals surface area (Å²) in [5.41, 5.74) is 1.11. The molecule has 3 heterocycles. The Morgan fingerprint density at radius 2 is 2.26 bits per heavy atom. The van der Waals surface area contributed by atoms with Crippen LogP contribution in [0.4, 0.5) is 0 Å². The largest absolute Gasteiger partial charge is 0.348 e. The van der Waals surface area contributed by atoms with Gasteiger partial charge in [-0.2, -0.15) is 0 Å². The van der Waals surface area contributed by atoms with E-state index in [2.05, 4.69) is 22.2 Å². The van der Waals surface area contributed by atoms with Gasteiger partial charge in [-0.1, -0.05) is 6.92 Å². The molecule has 0 radical (unpaired) electrons. The fourth-order valence-electron chi connectivity index (χ4n) is 3.00. The van der Waals surface area contributed by atoms with Crippen molar-refractivity contribution in [3.63, 3.8) is 0 Å². The number of fused-ring (bicyclic) bond motifs is 1. The lowest BCUT2D eigenvalue weighted by Gasteiger charge is -2.20. The Labute approximate surface area is 135 Å². The zero-order chi connectivity index (χ0) is 16.2. The molecule has 1 saturated heterocycles. The Morgan fingerprint density at radius 3 is 3.09 bits per heavy atom. The van der Waals surface area contributed by atoms with Crippen LogP contribution in [0.3, 0.4) is 0 Å². The van der Waals surface area contributed by atoms with E-state index in [0.29, 0.717) is 30.7 Å². The molecule has 1 aliphatic heterocycles. The maximum Gasteiger partial charge on any atom is 0.270 e. The van der Waals surface area contributed by atoms with Crippen molar-refractivity contribution in [1.29, 1.82) is 0 Å². The first-order valence-corrected chi connectivity index (χ1v) is 8.20. The molecule has 23 heavy (non-hydrogen) atoms. The van der Waals surface area contributed by atoms with Gasteiger partial charge in [0.15, 0.2) is 0 Å². The maximum absolute atomic E-state index is 12.4. The average molecular weight is 314 g/mol. The van der Waals surface area contributed by atoms with E-state index in [0.717, 1.165) is 24.8 Å². The molecule has 2 aromatic heterocycles. The number of rotatable bonds is 4. The van der Waals surface area contributed by atoms with Crippen LogP contribution in [0.1, 0.15) is 43.1 Å². The highest BCUT2D eigenvalue weighted by atomic mass is 16.2. The van der Waals surface area contributed by atoms with Gasteiger partial charge in [0.25, 0.3) is 5.91 Å². The lowest BCUT2D eigenvalue weighted by Crippen LogP contribution is -2.36. The highest BCUT2D eigenvalue weighted by Crippen LogP contribution is 2.14. The number of hydrogen-bond donors (Lipinski definition) is 2. The van der Waals surface area contributed by atoms with E-state index in [-0.39, 0.29) is 17.9 Å². The van der Waals surface area contributed by atoms with Crippen LogP contribution in [0.5, 0.6) is 0 Å². The minimum atomic E-state index is -0.178. The molecule has 2 amide bonds. The quantitative estimate of drug-likeness (QED) is 0.907. The number of pyridine rings is 1. The van der Waals surface area contributed by atoms with Gasteiger partial charge in [0.05, 0.1) is 0 Å². The fourth-order valence-corrected chi connectivity index (χ4v) is 3.00. The maximum atomic E-state index is 12.4. The molecule has 2 N–H and O–H groups in total. The summed E-state index contributed by atoms with van der Waals surface area (Å²) in [4.78, 5) is 33.7. The van der Waals surface area contributed by atoms with Gasteiger partial charge in [-0.25, -0.2) is 4.98 Å². The van der Waals surface area contributed by atoms with Crippen LogP contribution >= 0.6 is 0 Å². The van der Waals surface area contributed by atoms with Crippen molar-refractivity contribution < 1.29 is 9.59 Å². The SMILES string of the molecule is CCCN1CCC(NC(=O)c2ccc3cc[nH]c3n2)CCC1=O. The van der Waals surface area contributed by atoms with Crippen LogP contribution in [-0.2, 0) is 4.79 Å². The first-order chi connectivity index (χ1) is 11.2. The summed E-state index contributed by atoms with van der Waals surface area (Å²) in [6.45, 7) is 3.57. The van der Waals surface area contributed by atoms with Crippen molar-refractivity contribution >= 4 is 22.8 Å². The number of amides is 2. The van der Waals surface area contributed by atoms with Crippen LogP contribution in [0, 0.1) is 0 Å². The molecule has 0 saturated carbocycles. The predicted octanol–water partition coefficient (Wildman–Crippen LogP) is 2.08. The predicted molar refractivity (Wildman–Crippen MR) is 88.1 cm³/mol. The van der Waals surface area contributed by atoms with Crippen LogP contribution < -0.4 is 5.32 Å². The Morgan fingerprint density at radius 1 is 1.39 bits per heavy atom. The summed E-state index contributed by atoms with van der Waals surface area (Å²) >= 11 is 0. The summed E-state index contributed by atoms with van der Waals surface area (Å²) in [7, 11) is 0. The van der Waals surface area contributed by atoms with E-state index >= 15 is 0 Å². The number of nitrogens with one attached hydrogen (secondary N) is 2. The van der Waals surface area contributed by atoms with E-state index in [1.54, 1.807) is 12.3 Å². The number of H-pyrrole nitrogens is 1. The second-order valence-electron chi connectivity index (χ2n) is 5.99. The molecule has 6 heteroatoms. The lowest BCUT2D eigenvalue weighted by molar-refractivity contribution is -0.130. The molecule has 1 atom stereocenters. The third-order valence-electron chi connectivity index (χ3n) is 4.28. The van der Waals surface area contributed by atoms with Gasteiger partial charge in [0, 0.05) is 37.1 Å². The van der Waals surface area contributed by atoms with Crippen LogP contribution in [0.2, 0.25) is 0 Å². The highest BCUT2D eigenvalue weighted by molar-refractivity contribution is 5.94. The van der Waals surface area contributed by atoms with Gasteiger partial charge in [0.2, 0.25) is 5.91 Å². The third-order valence-corrected chi connectivity index (χ3v) is 4.28. The van der Waals surface area contributed by atoms with E-state index in [1.807, 2.05) is 17.0 Å². The molecule has 1 fully saturated rings. The van der Waals surface area contributed by atoms with Crippen molar-refractivity contribution in [2.75, 3.05) is 13.1 Å². The standard InChI is InChI=1S/C17H22N4O2/c1-2-10-21-11-8-13(4-6-15(21)22)19-17(23)14-5-3-12-7-9-18-16(12)20-14/h3,5,7,9,13H,2,4,6,8,10-11H2,1H3,(H,18,20)(H,19,23). The molecule has 0 spiro atoms. The molecule has 0 aromatic carbocycles. The number of hydrogen-bond acceptors (Lipinski definition) is 3. The summed E-state index contributed by atoms with van der Waals surface area (Å²) in [5, 5.41) is 4.00. The van der Waals surface area contributed by atoms with E-state index in [1.165, 1.54) is 0 Å². The van der Waals surface area contributed by atoms with Gasteiger partial charge in [-0.05, 0) is 37.5 Å². The smallest absolute Gasteiger partial charge is 0.270 e. The fraction of sp³-hybridized carbons (Fsp3) is 0.471. The summed E-state index contributed by atoms with van der Waals surface area (Å²) in [6.07, 6.45) is 4.74. The first-order valence-electron chi connectivity index (χ1n) is 8.20. The van der Waals surface area contributed by atoms with Crippen molar-refractivity contribution in [3.8, 4) is 0 Å². The zero-order valence-corrected chi connectivity index (χ0v) is 13.3. The molecule has 2 aromatic rings. The Hall–Kier alpha value is -2.37. The van der Waals surface area contributed by atoms with Gasteiger partial charge < -0.3 is 15.2 Å². The molecule has 3 rings (SSSR count). The van der Waals surface area contributed by atoms with Gasteiger partial charge in [-0.15, -0.1) is 0 Å². The molecule has 0 bridgehead atoms. The van der Waals surface area contributed by atoms with Crippen LogP contribution in [-0.4, -0.2) is 45.8 Å². The molecule has 122 valence electrons. The van der Waals surface area contributed by atoms with Gasteiger partial charge in [0.1, 0.15) is 11.3 Å². The Balaban J connectivity index is 1.64. The second kappa shape index (κ2) is 6.81. The monoisotopic (exact) mass is 314 g/mol. The highest BCUT2D eigenvalue weighted by Gasteiger charge is 2.23. The van der Waals surface area contributed by atoms with Crippen molar-refractivity contribution in [2.24, 2.45) is 0 Å². The molecule has 6 nitrogen and oxygen atoms in total. The zero-order valence-electron chi connectivity index (χ0n) is 13.3. The summed E-state index contributed by atoms with van der Waals surface area (Å²) in [5.74, 6) is 0.0115.